The van der Waals surface area contributed by atoms with Gasteiger partial charge in [0.15, 0.2) is 11.6 Å². The maximum Gasteiger partial charge on any atom is 0.159 e. The van der Waals surface area contributed by atoms with Crippen molar-refractivity contribution in [1.29, 1.82) is 0 Å². The van der Waals surface area contributed by atoms with E-state index in [1.54, 1.807) is 12.4 Å². The Hall–Kier alpha value is -2.27. The van der Waals surface area contributed by atoms with Crippen molar-refractivity contribution in [1.82, 2.24) is 9.38 Å². The smallest absolute Gasteiger partial charge is 0.159 e. The fourth-order valence-electron chi connectivity index (χ4n) is 4.87. The van der Waals surface area contributed by atoms with Crippen LogP contribution in [0.25, 0.3) is 5.52 Å². The molecule has 0 saturated heterocycles. The highest BCUT2D eigenvalue weighted by molar-refractivity contribution is 5.59. The summed E-state index contributed by atoms with van der Waals surface area (Å²) in [5.74, 6) is -0.606. The number of rotatable bonds is 4. The molecule has 5 heteroatoms. The first kappa shape index (κ1) is 17.8. The minimum absolute atomic E-state index is 0.181. The normalized spacial score (nSPS) is 23.8. The Morgan fingerprint density at radius 2 is 1.71 bits per heavy atom. The van der Waals surface area contributed by atoms with Crippen LogP contribution in [0.1, 0.15) is 73.2 Å². The number of halogens is 2. The maximum atomic E-state index is 13.6. The standard InChI is InChI=1S/C23H24F2N2O/c24-19-8-7-17(11-20(19)25)14-1-5-16(6-2-14)23(28)22-18(15-3-4-15)9-10-27-13-26-12-21(22)27/h7-16,23,28H,1-6H2/t14?,16?,23-/m0/s1. The van der Waals surface area contributed by atoms with Gasteiger partial charge in [0.25, 0.3) is 0 Å². The number of pyridine rings is 1. The summed E-state index contributed by atoms with van der Waals surface area (Å²) in [5.41, 5.74) is 4.17. The maximum absolute atomic E-state index is 13.6. The van der Waals surface area contributed by atoms with E-state index < -0.39 is 17.7 Å². The lowest BCUT2D eigenvalue weighted by atomic mass is 9.75. The quantitative estimate of drug-likeness (QED) is 0.647. The van der Waals surface area contributed by atoms with Crippen LogP contribution < -0.4 is 0 Å². The van der Waals surface area contributed by atoms with E-state index >= 15 is 0 Å². The van der Waals surface area contributed by atoms with Gasteiger partial charge in [-0.25, -0.2) is 13.8 Å². The molecule has 1 N–H and O–H groups in total. The molecule has 0 spiro atoms. The molecule has 0 bridgehead atoms. The highest BCUT2D eigenvalue weighted by Gasteiger charge is 2.34. The van der Waals surface area contributed by atoms with Crippen molar-refractivity contribution in [3.05, 3.63) is 71.3 Å². The molecule has 2 saturated carbocycles. The van der Waals surface area contributed by atoms with Crippen molar-refractivity contribution < 1.29 is 13.9 Å². The number of aliphatic hydroxyl groups excluding tert-OH is 1. The average molecular weight is 382 g/mol. The van der Waals surface area contributed by atoms with Crippen molar-refractivity contribution in [3.63, 3.8) is 0 Å². The van der Waals surface area contributed by atoms with Crippen LogP contribution in [-0.2, 0) is 0 Å². The summed E-state index contributed by atoms with van der Waals surface area (Å²) < 4.78 is 28.8. The second-order valence-corrected chi connectivity index (χ2v) is 8.38. The van der Waals surface area contributed by atoms with Gasteiger partial charge in [0.2, 0.25) is 0 Å². The molecule has 2 heterocycles. The fraction of sp³-hybridized carbons (Fsp3) is 0.435. The van der Waals surface area contributed by atoms with E-state index in [0.717, 1.165) is 42.3 Å². The van der Waals surface area contributed by atoms with Gasteiger partial charge in [0.05, 0.1) is 24.1 Å². The van der Waals surface area contributed by atoms with Crippen molar-refractivity contribution in [3.8, 4) is 0 Å². The van der Waals surface area contributed by atoms with Crippen LogP contribution in [0.5, 0.6) is 0 Å². The topological polar surface area (TPSA) is 37.5 Å². The van der Waals surface area contributed by atoms with Crippen LogP contribution in [0.3, 0.4) is 0 Å². The molecule has 0 radical (unpaired) electrons. The van der Waals surface area contributed by atoms with Crippen LogP contribution in [0.2, 0.25) is 0 Å². The van der Waals surface area contributed by atoms with Gasteiger partial charge in [-0.15, -0.1) is 0 Å². The molecule has 0 amide bonds. The number of aliphatic hydroxyl groups is 1. The van der Waals surface area contributed by atoms with Crippen molar-refractivity contribution in [2.24, 2.45) is 5.92 Å². The fourth-order valence-corrected chi connectivity index (χ4v) is 4.87. The van der Waals surface area contributed by atoms with Gasteiger partial charge in [-0.05, 0) is 85.6 Å². The molecule has 2 aromatic heterocycles. The summed E-state index contributed by atoms with van der Waals surface area (Å²) in [4.78, 5) is 4.26. The van der Waals surface area contributed by atoms with Gasteiger partial charge in [-0.1, -0.05) is 6.07 Å². The Morgan fingerprint density at radius 3 is 2.43 bits per heavy atom. The number of hydrogen-bond acceptors (Lipinski definition) is 2. The van der Waals surface area contributed by atoms with Gasteiger partial charge in [0.1, 0.15) is 0 Å². The summed E-state index contributed by atoms with van der Waals surface area (Å²) in [6.07, 6.45) is 11.0. The molecule has 1 aromatic carbocycles. The predicted octanol–water partition coefficient (Wildman–Crippen LogP) is 5.50. The Morgan fingerprint density at radius 1 is 0.964 bits per heavy atom. The molecule has 0 unspecified atom stereocenters. The second-order valence-electron chi connectivity index (χ2n) is 8.38. The van der Waals surface area contributed by atoms with E-state index in [1.807, 2.05) is 16.8 Å². The summed E-state index contributed by atoms with van der Waals surface area (Å²) in [7, 11) is 0. The number of fused-ring (bicyclic) bond motifs is 1. The van der Waals surface area contributed by atoms with E-state index in [-0.39, 0.29) is 11.8 Å². The molecular formula is C23H24F2N2O. The summed E-state index contributed by atoms with van der Waals surface area (Å²) in [6, 6.07) is 6.37. The van der Waals surface area contributed by atoms with Gasteiger partial charge < -0.3 is 9.51 Å². The van der Waals surface area contributed by atoms with Crippen molar-refractivity contribution >= 4 is 5.52 Å². The highest BCUT2D eigenvalue weighted by atomic mass is 19.2. The van der Waals surface area contributed by atoms with E-state index in [4.69, 9.17) is 0 Å². The van der Waals surface area contributed by atoms with Gasteiger partial charge in [0, 0.05) is 11.8 Å². The number of imidazole rings is 1. The molecule has 2 fully saturated rings. The number of hydrogen-bond donors (Lipinski definition) is 1. The summed E-state index contributed by atoms with van der Waals surface area (Å²) in [6.45, 7) is 0. The molecule has 0 aliphatic heterocycles. The van der Waals surface area contributed by atoms with E-state index in [1.165, 1.54) is 30.5 Å². The first-order valence-corrected chi connectivity index (χ1v) is 10.2. The largest absolute Gasteiger partial charge is 0.388 e. The molecule has 28 heavy (non-hydrogen) atoms. The summed E-state index contributed by atoms with van der Waals surface area (Å²) >= 11 is 0. The Balaban J connectivity index is 1.37. The summed E-state index contributed by atoms with van der Waals surface area (Å²) in [5, 5.41) is 11.3. The second kappa shape index (κ2) is 6.96. The molecule has 146 valence electrons. The number of nitrogens with zero attached hydrogens (tertiary/aromatic N) is 2. The first-order valence-electron chi connectivity index (χ1n) is 10.2. The lowest BCUT2D eigenvalue weighted by Gasteiger charge is -2.33. The lowest BCUT2D eigenvalue weighted by Crippen LogP contribution is -2.21. The van der Waals surface area contributed by atoms with Crippen LogP contribution in [0.4, 0.5) is 8.78 Å². The van der Waals surface area contributed by atoms with Gasteiger partial charge in [-0.2, -0.15) is 0 Å². The number of aromatic nitrogens is 2. The highest BCUT2D eigenvalue weighted by Crippen LogP contribution is 2.48. The molecule has 3 nitrogen and oxygen atoms in total. The van der Waals surface area contributed by atoms with Crippen molar-refractivity contribution in [2.45, 2.75) is 56.5 Å². The van der Waals surface area contributed by atoms with Crippen LogP contribution >= 0.6 is 0 Å². The van der Waals surface area contributed by atoms with E-state index in [0.29, 0.717) is 5.92 Å². The average Bonchev–Trinajstić information content (AvgIpc) is 3.45. The Kier molecular flexibility index (Phi) is 4.43. The van der Waals surface area contributed by atoms with Crippen LogP contribution in [-0.4, -0.2) is 14.5 Å². The van der Waals surface area contributed by atoms with Crippen LogP contribution in [0.15, 0.2) is 43.0 Å². The zero-order chi connectivity index (χ0) is 19.3. The molecule has 1 atom stereocenters. The molecule has 2 aliphatic rings. The monoisotopic (exact) mass is 382 g/mol. The zero-order valence-electron chi connectivity index (χ0n) is 15.7. The third kappa shape index (κ3) is 3.12. The molecule has 3 aromatic rings. The number of benzene rings is 1. The van der Waals surface area contributed by atoms with Crippen molar-refractivity contribution in [2.75, 3.05) is 0 Å². The third-order valence-corrected chi connectivity index (χ3v) is 6.61. The first-order chi connectivity index (χ1) is 13.6. The molecular weight excluding hydrogens is 358 g/mol. The van der Waals surface area contributed by atoms with E-state index in [9.17, 15) is 13.9 Å². The lowest BCUT2D eigenvalue weighted by molar-refractivity contribution is 0.0810. The van der Waals surface area contributed by atoms with Crippen LogP contribution in [0, 0.1) is 17.6 Å². The molecule has 2 aliphatic carbocycles. The zero-order valence-corrected chi connectivity index (χ0v) is 15.7. The van der Waals surface area contributed by atoms with Gasteiger partial charge in [-0.3, -0.25) is 0 Å². The minimum atomic E-state index is -0.797. The SMILES string of the molecule is O[C@H](c1c(C2CC2)ccn2cncc12)C1CCC(c2ccc(F)c(F)c2)CC1. The third-order valence-electron chi connectivity index (χ3n) is 6.61. The predicted molar refractivity (Wildman–Crippen MR) is 103 cm³/mol. The van der Waals surface area contributed by atoms with E-state index in [2.05, 4.69) is 11.1 Å². The molecule has 5 rings (SSSR count). The Labute approximate surface area is 163 Å². The minimum Gasteiger partial charge on any atom is -0.388 e. The van der Waals surface area contributed by atoms with Gasteiger partial charge >= 0.3 is 0 Å². The Bertz CT molecular complexity index is 1000.